The fraction of sp³-hybridized carbons (Fsp3) is 0.500. The molecule has 1 aromatic rings. The zero-order valence-electron chi connectivity index (χ0n) is 12.5. The van der Waals surface area contributed by atoms with Gasteiger partial charge in [-0.25, -0.2) is 0 Å². The fourth-order valence-corrected chi connectivity index (χ4v) is 2.73. The molecule has 1 saturated heterocycles. The zero-order valence-corrected chi connectivity index (χ0v) is 12.5. The summed E-state index contributed by atoms with van der Waals surface area (Å²) < 4.78 is 0. The van der Waals surface area contributed by atoms with E-state index < -0.39 is 11.6 Å². The van der Waals surface area contributed by atoms with Gasteiger partial charge < -0.3 is 10.2 Å². The maximum atomic E-state index is 12.5. The van der Waals surface area contributed by atoms with Gasteiger partial charge in [-0.2, -0.15) is 0 Å². The van der Waals surface area contributed by atoms with Crippen LogP contribution in [0.25, 0.3) is 0 Å². The minimum absolute atomic E-state index is 0.00905. The Kier molecular flexibility index (Phi) is 3.84. The molecule has 0 saturated carbocycles. The summed E-state index contributed by atoms with van der Waals surface area (Å²) in [6, 6.07) is 9.60. The van der Waals surface area contributed by atoms with Gasteiger partial charge in [0, 0.05) is 6.04 Å². The van der Waals surface area contributed by atoms with Gasteiger partial charge in [0.25, 0.3) is 0 Å². The van der Waals surface area contributed by atoms with E-state index in [1.807, 2.05) is 37.3 Å². The molecule has 1 aromatic carbocycles. The van der Waals surface area contributed by atoms with E-state index in [2.05, 4.69) is 5.32 Å². The van der Waals surface area contributed by atoms with Gasteiger partial charge in [-0.05, 0) is 39.7 Å². The lowest BCUT2D eigenvalue weighted by atomic mass is 9.94. The predicted octanol–water partition coefficient (Wildman–Crippen LogP) is 1.74. The molecule has 1 aliphatic heterocycles. The minimum Gasteiger partial charge on any atom is -0.340 e. The van der Waals surface area contributed by atoms with Crippen molar-refractivity contribution in [2.75, 3.05) is 0 Å². The average molecular weight is 274 g/mol. The zero-order chi connectivity index (χ0) is 14.9. The van der Waals surface area contributed by atoms with Crippen LogP contribution in [0.15, 0.2) is 30.3 Å². The molecule has 4 nitrogen and oxygen atoms in total. The first-order valence-corrected chi connectivity index (χ1v) is 7.01. The smallest absolute Gasteiger partial charge is 0.248 e. The Morgan fingerprint density at radius 3 is 2.45 bits per heavy atom. The van der Waals surface area contributed by atoms with Crippen LogP contribution in [0.5, 0.6) is 0 Å². The molecule has 1 N–H and O–H groups in total. The third kappa shape index (κ3) is 2.69. The van der Waals surface area contributed by atoms with Crippen molar-refractivity contribution < 1.29 is 9.59 Å². The molecule has 4 heteroatoms. The number of hydrogen-bond donors (Lipinski definition) is 1. The Labute approximate surface area is 120 Å². The second-order valence-corrected chi connectivity index (χ2v) is 6.04. The molecular formula is C16H22N2O2. The Balaban J connectivity index is 2.20. The Morgan fingerprint density at radius 2 is 1.85 bits per heavy atom. The van der Waals surface area contributed by atoms with Gasteiger partial charge in [0.1, 0.15) is 11.6 Å². The van der Waals surface area contributed by atoms with Crippen LogP contribution in [-0.2, 0) is 16.0 Å². The number of carbonyl (C=O) groups excluding carboxylic acids is 2. The second-order valence-electron chi connectivity index (χ2n) is 6.04. The molecule has 1 heterocycles. The first-order valence-electron chi connectivity index (χ1n) is 7.01. The SMILES string of the molecule is CC(Cc1ccccc1)N1C(=O)C(C)(C)NC(=O)C1C. The van der Waals surface area contributed by atoms with Crippen molar-refractivity contribution in [3.05, 3.63) is 35.9 Å². The lowest BCUT2D eigenvalue weighted by molar-refractivity contribution is -0.155. The Hall–Kier alpha value is -1.84. The highest BCUT2D eigenvalue weighted by molar-refractivity contribution is 5.99. The van der Waals surface area contributed by atoms with Gasteiger partial charge in [0.15, 0.2) is 0 Å². The first kappa shape index (κ1) is 14.6. The predicted molar refractivity (Wildman–Crippen MR) is 78.1 cm³/mol. The van der Waals surface area contributed by atoms with Gasteiger partial charge in [-0.15, -0.1) is 0 Å². The molecule has 0 bridgehead atoms. The summed E-state index contributed by atoms with van der Waals surface area (Å²) in [5, 5.41) is 2.77. The summed E-state index contributed by atoms with van der Waals surface area (Å²) in [6.45, 7) is 7.28. The maximum absolute atomic E-state index is 12.5. The van der Waals surface area contributed by atoms with Crippen LogP contribution in [0.3, 0.4) is 0 Å². The quantitative estimate of drug-likeness (QED) is 0.913. The number of hydrogen-bond acceptors (Lipinski definition) is 2. The molecule has 1 fully saturated rings. The third-order valence-electron chi connectivity index (χ3n) is 3.85. The van der Waals surface area contributed by atoms with Crippen LogP contribution in [0.2, 0.25) is 0 Å². The average Bonchev–Trinajstić information content (AvgIpc) is 2.38. The number of piperazine rings is 1. The van der Waals surface area contributed by atoms with E-state index in [0.717, 1.165) is 6.42 Å². The number of amides is 2. The van der Waals surface area contributed by atoms with Gasteiger partial charge in [-0.1, -0.05) is 30.3 Å². The van der Waals surface area contributed by atoms with Crippen LogP contribution in [0.1, 0.15) is 33.3 Å². The molecule has 0 spiro atoms. The highest BCUT2D eigenvalue weighted by Crippen LogP contribution is 2.22. The van der Waals surface area contributed by atoms with Gasteiger partial charge in [0.2, 0.25) is 11.8 Å². The van der Waals surface area contributed by atoms with Crippen LogP contribution in [-0.4, -0.2) is 34.3 Å². The van der Waals surface area contributed by atoms with Crippen molar-refractivity contribution in [3.8, 4) is 0 Å². The molecule has 108 valence electrons. The minimum atomic E-state index is -0.825. The van der Waals surface area contributed by atoms with E-state index in [1.54, 1.807) is 25.7 Å². The summed E-state index contributed by atoms with van der Waals surface area (Å²) in [7, 11) is 0. The van der Waals surface area contributed by atoms with Gasteiger partial charge in [-0.3, -0.25) is 9.59 Å². The summed E-state index contributed by atoms with van der Waals surface area (Å²) in [4.78, 5) is 26.3. The lowest BCUT2D eigenvalue weighted by Crippen LogP contribution is -2.69. The van der Waals surface area contributed by atoms with Crippen molar-refractivity contribution in [2.45, 2.75) is 51.7 Å². The molecule has 1 aliphatic rings. The number of nitrogens with one attached hydrogen (secondary N) is 1. The van der Waals surface area contributed by atoms with Crippen molar-refractivity contribution in [1.82, 2.24) is 10.2 Å². The van der Waals surface area contributed by atoms with Crippen molar-refractivity contribution >= 4 is 11.8 Å². The Morgan fingerprint density at radius 1 is 1.25 bits per heavy atom. The van der Waals surface area contributed by atoms with E-state index in [-0.39, 0.29) is 17.9 Å². The number of nitrogens with zero attached hydrogens (tertiary/aromatic N) is 1. The largest absolute Gasteiger partial charge is 0.340 e. The molecule has 0 radical (unpaired) electrons. The van der Waals surface area contributed by atoms with E-state index in [1.165, 1.54) is 5.56 Å². The van der Waals surface area contributed by atoms with Gasteiger partial charge >= 0.3 is 0 Å². The second kappa shape index (κ2) is 5.27. The van der Waals surface area contributed by atoms with Crippen LogP contribution >= 0.6 is 0 Å². The van der Waals surface area contributed by atoms with Crippen molar-refractivity contribution in [3.63, 3.8) is 0 Å². The number of benzene rings is 1. The monoisotopic (exact) mass is 274 g/mol. The number of rotatable bonds is 3. The molecule has 2 atom stereocenters. The normalized spacial score (nSPS) is 23.4. The van der Waals surface area contributed by atoms with Crippen LogP contribution in [0.4, 0.5) is 0 Å². The first-order chi connectivity index (χ1) is 9.33. The summed E-state index contributed by atoms with van der Waals surface area (Å²) in [5.41, 5.74) is 0.345. The van der Waals surface area contributed by atoms with Crippen molar-refractivity contribution in [1.29, 1.82) is 0 Å². The summed E-state index contributed by atoms with van der Waals surface area (Å²) >= 11 is 0. The molecule has 2 rings (SSSR count). The van der Waals surface area contributed by atoms with E-state index in [0.29, 0.717) is 0 Å². The summed E-state index contributed by atoms with van der Waals surface area (Å²) in [5.74, 6) is -0.109. The van der Waals surface area contributed by atoms with Gasteiger partial charge in [0.05, 0.1) is 0 Å². The molecule has 2 unspecified atom stereocenters. The van der Waals surface area contributed by atoms with E-state index >= 15 is 0 Å². The molecule has 0 aliphatic carbocycles. The van der Waals surface area contributed by atoms with E-state index in [9.17, 15) is 9.59 Å². The van der Waals surface area contributed by atoms with Crippen molar-refractivity contribution in [2.24, 2.45) is 0 Å². The number of carbonyl (C=O) groups is 2. The maximum Gasteiger partial charge on any atom is 0.248 e. The lowest BCUT2D eigenvalue weighted by Gasteiger charge is -2.44. The highest BCUT2D eigenvalue weighted by Gasteiger charge is 2.44. The topological polar surface area (TPSA) is 49.4 Å². The third-order valence-corrected chi connectivity index (χ3v) is 3.85. The van der Waals surface area contributed by atoms with Crippen LogP contribution < -0.4 is 5.32 Å². The fourth-order valence-electron chi connectivity index (χ4n) is 2.73. The molecule has 20 heavy (non-hydrogen) atoms. The molecular weight excluding hydrogens is 252 g/mol. The van der Waals surface area contributed by atoms with Crippen LogP contribution in [0, 0.1) is 0 Å². The molecule has 2 amide bonds. The molecule has 0 aromatic heterocycles. The summed E-state index contributed by atoms with van der Waals surface area (Å²) in [6.07, 6.45) is 0.750. The Bertz CT molecular complexity index is 510. The highest BCUT2D eigenvalue weighted by atomic mass is 16.2. The standard InChI is InChI=1S/C16H22N2O2/c1-11(10-13-8-6-5-7-9-13)18-12(2)14(19)17-16(3,4)15(18)20/h5-9,11-12H,10H2,1-4H3,(H,17,19). The van der Waals surface area contributed by atoms with E-state index in [4.69, 9.17) is 0 Å².